The van der Waals surface area contributed by atoms with Gasteiger partial charge in [0.05, 0.1) is 5.54 Å². The second-order valence-electron chi connectivity index (χ2n) is 4.19. The van der Waals surface area contributed by atoms with Crippen LogP contribution in [0.5, 0.6) is 0 Å². The van der Waals surface area contributed by atoms with E-state index in [1.807, 2.05) is 32.2 Å². The maximum atomic E-state index is 4.54. The Hall–Kier alpha value is -1.68. The number of hydrogen-bond acceptors (Lipinski definition) is 3. The van der Waals surface area contributed by atoms with Crippen molar-refractivity contribution in [2.75, 3.05) is 7.05 Å². The predicted molar refractivity (Wildman–Crippen MR) is 69.3 cm³/mol. The average Bonchev–Trinajstić information content (AvgIpc) is 3.01. The monoisotopic (exact) mass is 230 g/mol. The normalized spacial score (nSPS) is 18.6. The van der Waals surface area contributed by atoms with Crippen molar-refractivity contribution in [1.82, 2.24) is 20.5 Å². The molecule has 2 rings (SSSR count). The van der Waals surface area contributed by atoms with Gasteiger partial charge < -0.3 is 5.32 Å². The molecule has 1 aromatic rings. The molecule has 1 aliphatic rings. The molecule has 0 aromatic carbocycles. The van der Waals surface area contributed by atoms with Gasteiger partial charge in [-0.1, -0.05) is 30.9 Å². The average molecular weight is 230 g/mol. The van der Waals surface area contributed by atoms with Gasteiger partial charge in [-0.25, -0.2) is 4.98 Å². The van der Waals surface area contributed by atoms with E-state index in [-0.39, 0.29) is 5.54 Å². The van der Waals surface area contributed by atoms with Crippen molar-refractivity contribution in [2.24, 2.45) is 0 Å². The number of nitrogens with one attached hydrogen (secondary N) is 2. The van der Waals surface area contributed by atoms with E-state index >= 15 is 0 Å². The highest BCUT2D eigenvalue weighted by molar-refractivity contribution is 5.70. The highest BCUT2D eigenvalue weighted by Crippen LogP contribution is 2.43. The second kappa shape index (κ2) is 4.67. The molecule has 2 N–H and O–H groups in total. The number of allylic oxidation sites excluding steroid dienone is 5. The zero-order chi connectivity index (χ0) is 12.3. The van der Waals surface area contributed by atoms with Crippen LogP contribution in [-0.4, -0.2) is 22.2 Å². The third-order valence-corrected chi connectivity index (χ3v) is 3.11. The van der Waals surface area contributed by atoms with E-state index in [1.165, 1.54) is 0 Å². The molecule has 0 unspecified atom stereocenters. The Morgan fingerprint density at radius 3 is 2.82 bits per heavy atom. The summed E-state index contributed by atoms with van der Waals surface area (Å²) in [6, 6.07) is 0. The van der Waals surface area contributed by atoms with Gasteiger partial charge in [0.15, 0.2) is 5.82 Å². The van der Waals surface area contributed by atoms with Crippen molar-refractivity contribution in [3.63, 3.8) is 0 Å². The summed E-state index contributed by atoms with van der Waals surface area (Å²) in [5.74, 6) is 1.62. The Labute approximate surface area is 102 Å². The lowest BCUT2D eigenvalue weighted by molar-refractivity contribution is 0.549. The molecule has 1 aromatic heterocycles. The lowest BCUT2D eigenvalue weighted by Crippen LogP contribution is -2.25. The molecule has 0 radical (unpaired) electrons. The van der Waals surface area contributed by atoms with Crippen molar-refractivity contribution >= 4 is 5.57 Å². The fourth-order valence-electron chi connectivity index (χ4n) is 1.77. The van der Waals surface area contributed by atoms with Crippen LogP contribution in [0.1, 0.15) is 31.4 Å². The molecule has 1 fully saturated rings. The van der Waals surface area contributed by atoms with Gasteiger partial charge in [-0.15, -0.1) is 0 Å². The van der Waals surface area contributed by atoms with E-state index < -0.39 is 0 Å². The minimum absolute atomic E-state index is 0.0259. The number of aromatic nitrogens is 3. The van der Waals surface area contributed by atoms with Crippen LogP contribution in [0.3, 0.4) is 0 Å². The number of rotatable bonds is 5. The largest absolute Gasteiger partial charge is 0.308 e. The van der Waals surface area contributed by atoms with Gasteiger partial charge in [0.25, 0.3) is 0 Å². The van der Waals surface area contributed by atoms with Gasteiger partial charge in [-0.2, -0.15) is 5.10 Å². The van der Waals surface area contributed by atoms with Crippen LogP contribution in [0, 0.1) is 0 Å². The molecule has 17 heavy (non-hydrogen) atoms. The summed E-state index contributed by atoms with van der Waals surface area (Å²) in [7, 11) is 1.96. The molecule has 0 bridgehead atoms. The summed E-state index contributed by atoms with van der Waals surface area (Å²) >= 11 is 0. The third kappa shape index (κ3) is 2.22. The zero-order valence-electron chi connectivity index (χ0n) is 10.3. The zero-order valence-corrected chi connectivity index (χ0v) is 10.3. The lowest BCUT2D eigenvalue weighted by Gasteiger charge is -2.08. The maximum absolute atomic E-state index is 4.54. The topological polar surface area (TPSA) is 53.6 Å². The summed E-state index contributed by atoms with van der Waals surface area (Å²) in [5.41, 5.74) is 0.954. The van der Waals surface area contributed by atoms with E-state index in [0.717, 1.165) is 24.2 Å². The smallest absolute Gasteiger partial charge is 0.181 e. The first-order valence-electron chi connectivity index (χ1n) is 5.83. The number of aromatic amines is 1. The highest BCUT2D eigenvalue weighted by atomic mass is 15.3. The quantitative estimate of drug-likeness (QED) is 0.762. The Balaban J connectivity index is 2.26. The number of nitrogens with zero attached hydrogens (tertiary/aromatic N) is 2. The van der Waals surface area contributed by atoms with Crippen molar-refractivity contribution in [3.05, 3.63) is 42.5 Å². The van der Waals surface area contributed by atoms with E-state index in [9.17, 15) is 0 Å². The molecule has 0 spiro atoms. The predicted octanol–water partition coefficient (Wildman–Crippen LogP) is 2.16. The van der Waals surface area contributed by atoms with Gasteiger partial charge in [-0.05, 0) is 26.8 Å². The first-order valence-corrected chi connectivity index (χ1v) is 5.83. The molecule has 1 aliphatic carbocycles. The van der Waals surface area contributed by atoms with Crippen molar-refractivity contribution < 1.29 is 0 Å². The Morgan fingerprint density at radius 2 is 2.29 bits per heavy atom. The molecule has 0 aliphatic heterocycles. The molecule has 1 heterocycles. The Morgan fingerprint density at radius 1 is 1.53 bits per heavy atom. The minimum atomic E-state index is 0.0259. The van der Waals surface area contributed by atoms with E-state index in [1.54, 1.807) is 6.08 Å². The number of hydrogen-bond donors (Lipinski definition) is 2. The fourth-order valence-corrected chi connectivity index (χ4v) is 1.77. The SMILES string of the molecule is C=C/C(=C\C=C/C)c1n[nH]c(C2(NC)CC2)n1. The van der Waals surface area contributed by atoms with Gasteiger partial charge >= 0.3 is 0 Å². The summed E-state index contributed by atoms with van der Waals surface area (Å²) < 4.78 is 0. The molecule has 0 saturated heterocycles. The van der Waals surface area contributed by atoms with Crippen LogP contribution in [0.2, 0.25) is 0 Å². The van der Waals surface area contributed by atoms with Crippen LogP contribution in [0.25, 0.3) is 5.57 Å². The van der Waals surface area contributed by atoms with Gasteiger partial charge in [0.1, 0.15) is 5.82 Å². The molecule has 1 saturated carbocycles. The van der Waals surface area contributed by atoms with Gasteiger partial charge in [-0.3, -0.25) is 5.10 Å². The lowest BCUT2D eigenvalue weighted by atomic mass is 10.2. The maximum Gasteiger partial charge on any atom is 0.181 e. The molecule has 90 valence electrons. The van der Waals surface area contributed by atoms with E-state index in [4.69, 9.17) is 0 Å². The molecule has 4 heteroatoms. The van der Waals surface area contributed by atoms with Crippen LogP contribution < -0.4 is 5.32 Å². The molecule has 0 atom stereocenters. The standard InChI is InChI=1S/C13H18N4/c1-4-6-7-10(5-2)11-15-12(17-16-11)13(14-3)8-9-13/h4-7,14H,2,8-9H2,1,3H3,(H,15,16,17)/b6-4-,10-7+. The van der Waals surface area contributed by atoms with Crippen molar-refractivity contribution in [2.45, 2.75) is 25.3 Å². The fraction of sp³-hybridized carbons (Fsp3) is 0.385. The summed E-state index contributed by atoms with van der Waals surface area (Å²) in [5, 5.41) is 10.5. The second-order valence-corrected chi connectivity index (χ2v) is 4.19. The van der Waals surface area contributed by atoms with Crippen molar-refractivity contribution in [3.8, 4) is 0 Å². The van der Waals surface area contributed by atoms with Crippen LogP contribution in [0.4, 0.5) is 0 Å². The minimum Gasteiger partial charge on any atom is -0.308 e. The summed E-state index contributed by atoms with van der Waals surface area (Å²) in [6.07, 6.45) is 9.87. The van der Waals surface area contributed by atoms with Crippen LogP contribution in [-0.2, 0) is 5.54 Å². The number of H-pyrrole nitrogens is 1. The summed E-state index contributed by atoms with van der Waals surface area (Å²) in [4.78, 5) is 4.54. The van der Waals surface area contributed by atoms with Crippen LogP contribution >= 0.6 is 0 Å². The Bertz CT molecular complexity index is 464. The molecular formula is C13H18N4. The molecule has 0 amide bonds. The Kier molecular flexibility index (Phi) is 3.24. The third-order valence-electron chi connectivity index (χ3n) is 3.11. The van der Waals surface area contributed by atoms with E-state index in [2.05, 4.69) is 27.1 Å². The molecular weight excluding hydrogens is 212 g/mol. The van der Waals surface area contributed by atoms with Gasteiger partial charge in [0.2, 0.25) is 0 Å². The van der Waals surface area contributed by atoms with Crippen molar-refractivity contribution in [1.29, 1.82) is 0 Å². The first kappa shape index (κ1) is 11.8. The molecule has 4 nitrogen and oxygen atoms in total. The first-order chi connectivity index (χ1) is 8.25. The van der Waals surface area contributed by atoms with E-state index in [0.29, 0.717) is 5.82 Å². The van der Waals surface area contributed by atoms with Crippen LogP contribution in [0.15, 0.2) is 30.9 Å². The highest BCUT2D eigenvalue weighted by Gasteiger charge is 2.46. The summed E-state index contributed by atoms with van der Waals surface area (Å²) in [6.45, 7) is 5.76. The van der Waals surface area contributed by atoms with Gasteiger partial charge in [0, 0.05) is 5.57 Å².